The van der Waals surface area contributed by atoms with Crippen LogP contribution in [-0.2, 0) is 22.6 Å². The van der Waals surface area contributed by atoms with Crippen LogP contribution in [-0.4, -0.2) is 46.7 Å². The van der Waals surface area contributed by atoms with Gasteiger partial charge < -0.3 is 10.1 Å². The Morgan fingerprint density at radius 3 is 2.62 bits per heavy atom. The summed E-state index contributed by atoms with van der Waals surface area (Å²) in [6.07, 6.45) is 2.96. The van der Waals surface area contributed by atoms with E-state index in [9.17, 15) is 14.4 Å². The van der Waals surface area contributed by atoms with E-state index >= 15 is 0 Å². The van der Waals surface area contributed by atoms with E-state index in [1.54, 1.807) is 23.3 Å². The molecule has 8 heteroatoms. The van der Waals surface area contributed by atoms with Crippen LogP contribution >= 0.6 is 20.2 Å². The van der Waals surface area contributed by atoms with Gasteiger partial charge in [-0.3, -0.25) is 14.5 Å². The first-order valence-corrected chi connectivity index (χ1v) is 11.7. The lowest BCUT2D eigenvalue weighted by atomic mass is 9.99. The van der Waals surface area contributed by atoms with E-state index in [0.717, 1.165) is 34.5 Å². The number of aromatic nitrogens is 1. The van der Waals surface area contributed by atoms with Crippen LogP contribution in [0.15, 0.2) is 30.5 Å². The highest BCUT2D eigenvalue weighted by molar-refractivity contribution is 7.22. The van der Waals surface area contributed by atoms with Crippen molar-refractivity contribution in [3.63, 3.8) is 0 Å². The van der Waals surface area contributed by atoms with E-state index in [4.69, 9.17) is 0 Å². The fourth-order valence-electron chi connectivity index (χ4n) is 3.58. The van der Waals surface area contributed by atoms with Crippen molar-refractivity contribution in [2.24, 2.45) is 0 Å². The Balaban J connectivity index is 2.17. The van der Waals surface area contributed by atoms with Gasteiger partial charge in [0.05, 0.1) is 16.7 Å². The van der Waals surface area contributed by atoms with E-state index in [1.165, 1.54) is 11.8 Å². The molecule has 6 nitrogen and oxygen atoms in total. The van der Waals surface area contributed by atoms with Gasteiger partial charge in [-0.15, -0.1) is 20.2 Å². The van der Waals surface area contributed by atoms with E-state index in [-0.39, 0.29) is 5.78 Å². The fraction of sp³-hybridized carbons (Fsp3) is 0.375. The molecule has 0 aliphatic heterocycles. The number of rotatable bonds is 13. The fourth-order valence-corrected chi connectivity index (χ4v) is 4.78. The maximum absolute atomic E-state index is 12.1. The molecule has 32 heavy (non-hydrogen) atoms. The normalized spacial score (nSPS) is 11.8. The van der Waals surface area contributed by atoms with Gasteiger partial charge in [0.15, 0.2) is 6.29 Å². The SMILES string of the molecule is C=C(Cc1nc(C)sc1C)NCc1cccc(C(=P)N(C)C(CCC=O)C(C)=O)c1C=O. The highest BCUT2D eigenvalue weighted by Crippen LogP contribution is 2.21. The first kappa shape index (κ1) is 25.8. The molecule has 1 atom stereocenters. The smallest absolute Gasteiger partial charge is 0.151 e. The molecule has 170 valence electrons. The third-order valence-corrected chi connectivity index (χ3v) is 6.88. The van der Waals surface area contributed by atoms with Gasteiger partial charge in [0.2, 0.25) is 0 Å². The van der Waals surface area contributed by atoms with Gasteiger partial charge in [0, 0.05) is 46.5 Å². The number of thiazole rings is 1. The summed E-state index contributed by atoms with van der Waals surface area (Å²) in [4.78, 5) is 42.4. The predicted octanol–water partition coefficient (Wildman–Crippen LogP) is 3.91. The zero-order valence-corrected chi connectivity index (χ0v) is 20.8. The molecule has 2 aromatic rings. The number of aldehydes is 2. The molecule has 0 radical (unpaired) electrons. The summed E-state index contributed by atoms with van der Waals surface area (Å²) in [5.41, 5.74) is 4.49. The molecular weight excluding hydrogens is 441 g/mol. The minimum Gasteiger partial charge on any atom is -0.384 e. The summed E-state index contributed by atoms with van der Waals surface area (Å²) in [5, 5.41) is 4.33. The van der Waals surface area contributed by atoms with Crippen molar-refractivity contribution in [2.75, 3.05) is 7.05 Å². The summed E-state index contributed by atoms with van der Waals surface area (Å²) in [7, 11) is 5.41. The summed E-state index contributed by atoms with van der Waals surface area (Å²) in [6, 6.07) is 5.14. The van der Waals surface area contributed by atoms with Crippen LogP contribution < -0.4 is 5.32 Å². The van der Waals surface area contributed by atoms with Crippen molar-refractivity contribution in [1.82, 2.24) is 15.2 Å². The van der Waals surface area contributed by atoms with E-state index < -0.39 is 6.04 Å². The summed E-state index contributed by atoms with van der Waals surface area (Å²) in [5.74, 6) is -0.0422. The molecule has 2 rings (SSSR count). The predicted molar refractivity (Wildman–Crippen MR) is 133 cm³/mol. The van der Waals surface area contributed by atoms with Crippen molar-refractivity contribution < 1.29 is 14.4 Å². The largest absolute Gasteiger partial charge is 0.384 e. The van der Waals surface area contributed by atoms with Crippen LogP contribution in [0, 0.1) is 13.8 Å². The van der Waals surface area contributed by atoms with Crippen LogP contribution in [0.3, 0.4) is 0 Å². The Labute approximate surface area is 196 Å². The van der Waals surface area contributed by atoms with E-state index in [2.05, 4.69) is 25.7 Å². The molecule has 1 heterocycles. The molecule has 1 aromatic heterocycles. The van der Waals surface area contributed by atoms with Crippen LogP contribution in [0.4, 0.5) is 0 Å². The molecule has 0 saturated heterocycles. The Kier molecular flexibility index (Phi) is 9.63. The molecule has 0 fully saturated rings. The van der Waals surface area contributed by atoms with Gasteiger partial charge in [-0.05, 0) is 39.8 Å². The number of nitrogens with zero attached hydrogens (tertiary/aromatic N) is 2. The molecule has 0 spiro atoms. The Bertz CT molecular complexity index is 1030. The molecule has 0 aliphatic carbocycles. The maximum Gasteiger partial charge on any atom is 0.151 e. The van der Waals surface area contributed by atoms with Crippen molar-refractivity contribution >= 4 is 44.0 Å². The minimum absolute atomic E-state index is 0.0422. The first-order chi connectivity index (χ1) is 15.2. The Morgan fingerprint density at radius 1 is 1.34 bits per heavy atom. The van der Waals surface area contributed by atoms with Crippen LogP contribution in [0.1, 0.15) is 56.8 Å². The summed E-state index contributed by atoms with van der Waals surface area (Å²) < 4.78 is 0. The summed E-state index contributed by atoms with van der Waals surface area (Å²) in [6.45, 7) is 10.1. The quantitative estimate of drug-likeness (QED) is 0.353. The number of carbonyl (C=O) groups excluding carboxylic acids is 3. The average Bonchev–Trinajstić information content (AvgIpc) is 3.07. The molecular formula is C24H30N3O3PS. The first-order valence-electron chi connectivity index (χ1n) is 10.4. The molecule has 1 N–H and O–H groups in total. The molecule has 0 saturated carbocycles. The summed E-state index contributed by atoms with van der Waals surface area (Å²) >= 11 is 1.67. The number of nitrogens with one attached hydrogen (secondary N) is 1. The zero-order valence-electron chi connectivity index (χ0n) is 19.0. The van der Waals surface area contributed by atoms with Gasteiger partial charge in [-0.1, -0.05) is 24.8 Å². The standard InChI is InChI=1S/C24H30N3O3PS/c1-15(12-22-17(3)32-18(4)26-22)25-13-19-8-6-9-20(21(19)14-29)24(31)27(5)23(16(2)30)10-7-11-28/h6,8-9,11,14,23,25,31H,1,7,10,12-13H2,2-5H3. The molecule has 0 aliphatic rings. The number of allylic oxidation sites excluding steroid dienone is 1. The molecule has 0 bridgehead atoms. The highest BCUT2D eigenvalue weighted by atomic mass is 32.1. The zero-order chi connectivity index (χ0) is 23.8. The monoisotopic (exact) mass is 471 g/mol. The number of hydrogen-bond acceptors (Lipinski definition) is 6. The van der Waals surface area contributed by atoms with Gasteiger partial charge >= 0.3 is 0 Å². The second-order valence-electron chi connectivity index (χ2n) is 7.70. The lowest BCUT2D eigenvalue weighted by Crippen LogP contribution is -2.41. The third-order valence-electron chi connectivity index (χ3n) is 5.33. The number of benzene rings is 1. The number of Topliss-reactive ketones (excluding diaryl/α,β-unsaturated/α-hetero) is 1. The Hall–Kier alpha value is -2.47. The van der Waals surface area contributed by atoms with E-state index in [1.807, 2.05) is 32.0 Å². The van der Waals surface area contributed by atoms with Crippen LogP contribution in [0.25, 0.3) is 0 Å². The number of aryl methyl sites for hydroxylation is 2. The molecule has 1 unspecified atom stereocenters. The van der Waals surface area contributed by atoms with Gasteiger partial charge in [-0.25, -0.2) is 4.98 Å². The third kappa shape index (κ3) is 6.52. The number of hydrogen-bond donors (Lipinski definition) is 1. The van der Waals surface area contributed by atoms with Gasteiger partial charge in [-0.2, -0.15) is 0 Å². The lowest BCUT2D eigenvalue weighted by molar-refractivity contribution is -0.120. The highest BCUT2D eigenvalue weighted by Gasteiger charge is 2.24. The van der Waals surface area contributed by atoms with Crippen molar-refractivity contribution in [1.29, 1.82) is 0 Å². The minimum atomic E-state index is -0.460. The molecule has 0 amide bonds. The van der Waals surface area contributed by atoms with Crippen LogP contribution in [0.5, 0.6) is 0 Å². The van der Waals surface area contributed by atoms with E-state index in [0.29, 0.717) is 42.4 Å². The van der Waals surface area contributed by atoms with Crippen molar-refractivity contribution in [3.05, 3.63) is 62.7 Å². The average molecular weight is 472 g/mol. The lowest BCUT2D eigenvalue weighted by Gasteiger charge is -2.28. The maximum atomic E-state index is 12.1. The number of carbonyl (C=O) groups is 3. The Morgan fingerprint density at radius 2 is 2.06 bits per heavy atom. The van der Waals surface area contributed by atoms with Gasteiger partial charge in [0.1, 0.15) is 12.1 Å². The number of likely N-dealkylation sites (N-methyl/N-ethyl adjacent to an activating group) is 1. The molecule has 1 aromatic carbocycles. The van der Waals surface area contributed by atoms with Crippen molar-refractivity contribution in [3.8, 4) is 0 Å². The second-order valence-corrected chi connectivity index (χ2v) is 9.58. The van der Waals surface area contributed by atoms with Crippen molar-refractivity contribution in [2.45, 2.75) is 52.6 Å². The van der Waals surface area contributed by atoms with Gasteiger partial charge in [0.25, 0.3) is 0 Å². The van der Waals surface area contributed by atoms with Crippen LogP contribution in [0.2, 0.25) is 0 Å². The topological polar surface area (TPSA) is 79.4 Å². The number of ketones is 1. The second kappa shape index (κ2) is 12.0.